The third-order valence-electron chi connectivity index (χ3n) is 3.89. The number of primary amides is 1. The van der Waals surface area contributed by atoms with Gasteiger partial charge in [-0.1, -0.05) is 12.1 Å². The molecule has 0 spiro atoms. The van der Waals surface area contributed by atoms with Crippen molar-refractivity contribution < 1.29 is 13.9 Å². The average Bonchev–Trinajstić information content (AvgIpc) is 3.17. The smallest absolute Gasteiger partial charge is 0.250 e. The maximum absolute atomic E-state index is 11.7. The molecule has 1 aromatic carbocycles. The topological polar surface area (TPSA) is 70.4 Å². The van der Waals surface area contributed by atoms with Crippen LogP contribution in [0, 0.1) is 6.92 Å². The Labute approximate surface area is 134 Å². The van der Waals surface area contributed by atoms with Crippen LogP contribution >= 0.6 is 0 Å². The molecule has 0 atom stereocenters. The van der Waals surface area contributed by atoms with Gasteiger partial charge < -0.3 is 19.5 Å². The highest BCUT2D eigenvalue weighted by Gasteiger charge is 2.17. The van der Waals surface area contributed by atoms with E-state index in [9.17, 15) is 4.79 Å². The summed E-state index contributed by atoms with van der Waals surface area (Å²) in [5.74, 6) is 1.13. The minimum atomic E-state index is -0.440. The van der Waals surface area contributed by atoms with E-state index in [0.717, 1.165) is 28.5 Å². The second-order valence-electron chi connectivity index (χ2n) is 5.29. The highest BCUT2D eigenvalue weighted by atomic mass is 16.5. The van der Waals surface area contributed by atoms with Crippen LogP contribution < -0.4 is 10.5 Å². The van der Waals surface area contributed by atoms with E-state index >= 15 is 0 Å². The second-order valence-corrected chi connectivity index (χ2v) is 5.29. The molecule has 0 aliphatic rings. The van der Waals surface area contributed by atoms with Gasteiger partial charge in [0.2, 0.25) is 0 Å². The number of carbonyl (C=O) groups excluding carboxylic acids is 1. The zero-order valence-corrected chi connectivity index (χ0v) is 13.1. The predicted octanol–water partition coefficient (Wildman–Crippen LogP) is 3.21. The molecule has 0 fully saturated rings. The van der Waals surface area contributed by atoms with E-state index in [2.05, 4.69) is 0 Å². The van der Waals surface area contributed by atoms with E-state index in [4.69, 9.17) is 14.9 Å². The lowest BCUT2D eigenvalue weighted by atomic mass is 10.1. The summed E-state index contributed by atoms with van der Waals surface area (Å²) in [6.45, 7) is 2.41. The van der Waals surface area contributed by atoms with E-state index in [-0.39, 0.29) is 0 Å². The molecule has 2 N–H and O–H groups in total. The number of benzene rings is 1. The molecule has 3 aromatic rings. The fraction of sp³-hybridized carbons (Fsp3) is 0.167. The summed E-state index contributed by atoms with van der Waals surface area (Å²) in [6.07, 6.45) is 1.63. The molecular formula is C18H18N2O3. The second kappa shape index (κ2) is 6.04. The average molecular weight is 310 g/mol. The highest BCUT2D eigenvalue weighted by Crippen LogP contribution is 2.29. The number of hydrogen-bond donors (Lipinski definition) is 1. The number of rotatable bonds is 5. The highest BCUT2D eigenvalue weighted by molar-refractivity contribution is 5.95. The van der Waals surface area contributed by atoms with Crippen molar-refractivity contribution >= 4 is 5.91 Å². The van der Waals surface area contributed by atoms with E-state index in [1.54, 1.807) is 13.4 Å². The molecule has 0 saturated heterocycles. The minimum absolute atomic E-state index is 0.440. The van der Waals surface area contributed by atoms with Crippen LogP contribution in [-0.4, -0.2) is 17.6 Å². The summed E-state index contributed by atoms with van der Waals surface area (Å²) < 4.78 is 12.7. The van der Waals surface area contributed by atoms with Gasteiger partial charge >= 0.3 is 0 Å². The number of methoxy groups -OCH3 is 1. The zero-order chi connectivity index (χ0) is 16.4. The number of aromatic nitrogens is 1. The molecule has 23 heavy (non-hydrogen) atoms. The summed E-state index contributed by atoms with van der Waals surface area (Å²) in [5, 5.41) is 0. The maximum Gasteiger partial charge on any atom is 0.250 e. The van der Waals surface area contributed by atoms with Gasteiger partial charge in [0.15, 0.2) is 0 Å². The number of furan rings is 1. The lowest BCUT2D eigenvalue weighted by Gasteiger charge is -2.11. The first-order valence-electron chi connectivity index (χ1n) is 7.27. The van der Waals surface area contributed by atoms with Gasteiger partial charge in [-0.05, 0) is 37.3 Å². The lowest BCUT2D eigenvalue weighted by Crippen LogP contribution is -2.12. The Morgan fingerprint density at radius 2 is 2.09 bits per heavy atom. The van der Waals surface area contributed by atoms with E-state index < -0.39 is 5.91 Å². The Bertz CT molecular complexity index is 832. The van der Waals surface area contributed by atoms with Crippen LogP contribution in [0.5, 0.6) is 5.75 Å². The Balaban J connectivity index is 2.13. The van der Waals surface area contributed by atoms with Crippen molar-refractivity contribution in [2.24, 2.45) is 5.73 Å². The van der Waals surface area contributed by atoms with Crippen molar-refractivity contribution in [2.75, 3.05) is 7.11 Å². The third-order valence-corrected chi connectivity index (χ3v) is 3.89. The van der Waals surface area contributed by atoms with Gasteiger partial charge in [0, 0.05) is 17.0 Å². The van der Waals surface area contributed by atoms with Crippen LogP contribution in [0.3, 0.4) is 0 Å². The predicted molar refractivity (Wildman–Crippen MR) is 87.5 cm³/mol. The largest absolute Gasteiger partial charge is 0.497 e. The van der Waals surface area contributed by atoms with Crippen LogP contribution in [0.25, 0.3) is 11.3 Å². The van der Waals surface area contributed by atoms with E-state index in [1.165, 1.54) is 0 Å². The number of amides is 1. The Morgan fingerprint density at radius 1 is 1.26 bits per heavy atom. The molecule has 5 heteroatoms. The Morgan fingerprint density at radius 3 is 2.74 bits per heavy atom. The fourth-order valence-electron chi connectivity index (χ4n) is 2.68. The van der Waals surface area contributed by atoms with Gasteiger partial charge in [0.1, 0.15) is 11.5 Å². The molecule has 0 radical (unpaired) electrons. The number of carbonyl (C=O) groups is 1. The molecule has 5 nitrogen and oxygen atoms in total. The van der Waals surface area contributed by atoms with E-state index in [1.807, 2.05) is 54.0 Å². The molecule has 0 unspecified atom stereocenters. The van der Waals surface area contributed by atoms with Gasteiger partial charge in [-0.25, -0.2) is 0 Å². The minimum Gasteiger partial charge on any atom is -0.497 e. The molecule has 118 valence electrons. The first-order chi connectivity index (χ1) is 11.1. The summed E-state index contributed by atoms with van der Waals surface area (Å²) in [5.41, 5.74) is 8.67. The van der Waals surface area contributed by atoms with Crippen LogP contribution in [0.2, 0.25) is 0 Å². The standard InChI is InChI=1S/C18H18N2O3/c1-12-16(18(19)21)10-17(13-5-3-6-14(9-13)22-2)20(12)11-15-7-4-8-23-15/h3-10H,11H2,1-2H3,(H2,19,21). The summed E-state index contributed by atoms with van der Waals surface area (Å²) >= 11 is 0. The van der Waals surface area contributed by atoms with E-state index in [0.29, 0.717) is 12.1 Å². The monoisotopic (exact) mass is 310 g/mol. The molecule has 0 aliphatic heterocycles. The van der Waals surface area contributed by atoms with Crippen LogP contribution in [0.4, 0.5) is 0 Å². The number of hydrogen-bond acceptors (Lipinski definition) is 3. The first kappa shape index (κ1) is 15.0. The molecule has 0 bridgehead atoms. The zero-order valence-electron chi connectivity index (χ0n) is 13.1. The number of ether oxygens (including phenoxy) is 1. The summed E-state index contributed by atoms with van der Waals surface area (Å²) in [4.78, 5) is 11.7. The molecule has 1 amide bonds. The Hall–Kier alpha value is -2.95. The molecule has 2 aromatic heterocycles. The van der Waals surface area contributed by atoms with Crippen molar-refractivity contribution in [1.29, 1.82) is 0 Å². The van der Waals surface area contributed by atoms with Crippen LogP contribution in [-0.2, 0) is 6.54 Å². The SMILES string of the molecule is COc1cccc(-c2cc(C(N)=O)c(C)n2Cc2ccco2)c1. The molecule has 0 aliphatic carbocycles. The van der Waals surface area contributed by atoms with Gasteiger partial charge in [0.25, 0.3) is 5.91 Å². The Kier molecular flexibility index (Phi) is 3.93. The van der Waals surface area contributed by atoms with Crippen molar-refractivity contribution in [2.45, 2.75) is 13.5 Å². The van der Waals surface area contributed by atoms with Crippen molar-refractivity contribution in [1.82, 2.24) is 4.57 Å². The summed E-state index contributed by atoms with van der Waals surface area (Å²) in [7, 11) is 1.63. The summed E-state index contributed by atoms with van der Waals surface area (Å²) in [6, 6.07) is 13.3. The number of nitrogens with zero attached hydrogens (tertiary/aromatic N) is 1. The van der Waals surface area contributed by atoms with Gasteiger partial charge in [-0.15, -0.1) is 0 Å². The molecule has 2 heterocycles. The number of nitrogens with two attached hydrogens (primary N) is 1. The van der Waals surface area contributed by atoms with Gasteiger partial charge in [-0.2, -0.15) is 0 Å². The van der Waals surface area contributed by atoms with Gasteiger partial charge in [-0.3, -0.25) is 4.79 Å². The lowest BCUT2D eigenvalue weighted by molar-refractivity contribution is 0.0999. The van der Waals surface area contributed by atoms with Crippen LogP contribution in [0.15, 0.2) is 53.1 Å². The molecule has 3 rings (SSSR count). The first-order valence-corrected chi connectivity index (χ1v) is 7.27. The van der Waals surface area contributed by atoms with Crippen LogP contribution in [0.1, 0.15) is 21.8 Å². The molecule has 0 saturated carbocycles. The maximum atomic E-state index is 11.7. The van der Waals surface area contributed by atoms with Crippen molar-refractivity contribution in [3.05, 3.63) is 65.7 Å². The molecular weight excluding hydrogens is 292 g/mol. The van der Waals surface area contributed by atoms with Crippen molar-refractivity contribution in [3.8, 4) is 17.0 Å². The third kappa shape index (κ3) is 2.85. The van der Waals surface area contributed by atoms with Crippen molar-refractivity contribution in [3.63, 3.8) is 0 Å². The quantitative estimate of drug-likeness (QED) is 0.786. The van der Waals surface area contributed by atoms with Gasteiger partial charge in [0.05, 0.1) is 25.5 Å². The normalized spacial score (nSPS) is 10.7. The fourth-order valence-corrected chi connectivity index (χ4v) is 2.68.